The number of halogens is 1. The molecule has 0 aliphatic heterocycles. The maximum absolute atomic E-state index is 11.8. The van der Waals surface area contributed by atoms with Gasteiger partial charge in [0.15, 0.2) is 0 Å². The van der Waals surface area contributed by atoms with Crippen molar-refractivity contribution in [1.29, 1.82) is 5.26 Å². The van der Waals surface area contributed by atoms with Gasteiger partial charge in [-0.05, 0) is 36.2 Å². The van der Waals surface area contributed by atoms with Gasteiger partial charge >= 0.3 is 0 Å². The molecule has 1 N–H and O–H groups in total. The van der Waals surface area contributed by atoms with Crippen molar-refractivity contribution in [3.63, 3.8) is 0 Å². The molecule has 120 valence electrons. The van der Waals surface area contributed by atoms with Crippen molar-refractivity contribution in [3.8, 4) is 6.07 Å². The van der Waals surface area contributed by atoms with Crippen molar-refractivity contribution in [2.75, 3.05) is 11.2 Å². The Morgan fingerprint density at radius 2 is 2.27 bits per heavy atom. The standard InChI is InChI=1S/C17H23ClN2OS/c1-4-17(2,3)11-5-6-12-13(10-19)16(22-14(12)9-11)20-15(21)7-8-18/h11H,4-9H2,1-3H3,(H,20,21)/t11-/m0/s1. The minimum atomic E-state index is -0.115. The number of nitrogens with zero attached hydrogens (tertiary/aromatic N) is 1. The van der Waals surface area contributed by atoms with Crippen LogP contribution in [-0.2, 0) is 17.6 Å². The number of fused-ring (bicyclic) bond motifs is 1. The van der Waals surface area contributed by atoms with Crippen LogP contribution >= 0.6 is 22.9 Å². The fourth-order valence-corrected chi connectivity index (χ4v) is 4.49. The van der Waals surface area contributed by atoms with Crippen LogP contribution in [0.5, 0.6) is 0 Å². The Hall–Kier alpha value is -1.05. The monoisotopic (exact) mass is 338 g/mol. The zero-order chi connectivity index (χ0) is 16.3. The van der Waals surface area contributed by atoms with Crippen molar-refractivity contribution in [2.45, 2.75) is 52.9 Å². The van der Waals surface area contributed by atoms with Gasteiger partial charge in [-0.3, -0.25) is 4.79 Å². The van der Waals surface area contributed by atoms with E-state index in [2.05, 4.69) is 32.2 Å². The Morgan fingerprint density at radius 3 is 2.86 bits per heavy atom. The van der Waals surface area contributed by atoms with Crippen LogP contribution in [-0.4, -0.2) is 11.8 Å². The lowest BCUT2D eigenvalue weighted by molar-refractivity contribution is -0.115. The normalized spacial score (nSPS) is 17.7. The summed E-state index contributed by atoms with van der Waals surface area (Å²) in [6.45, 7) is 6.89. The molecule has 0 bridgehead atoms. The minimum Gasteiger partial charge on any atom is -0.317 e. The molecule has 1 amide bonds. The fourth-order valence-electron chi connectivity index (χ4n) is 3.02. The topological polar surface area (TPSA) is 52.9 Å². The predicted molar refractivity (Wildman–Crippen MR) is 92.6 cm³/mol. The zero-order valence-electron chi connectivity index (χ0n) is 13.5. The number of carbonyl (C=O) groups is 1. The summed E-state index contributed by atoms with van der Waals surface area (Å²) in [6.07, 6.45) is 4.51. The molecule has 22 heavy (non-hydrogen) atoms. The van der Waals surface area contributed by atoms with Gasteiger partial charge in [0.2, 0.25) is 5.91 Å². The number of thiophene rings is 1. The smallest absolute Gasteiger partial charge is 0.226 e. The predicted octanol–water partition coefficient (Wildman–Crippen LogP) is 4.73. The zero-order valence-corrected chi connectivity index (χ0v) is 15.0. The second-order valence-corrected chi connectivity index (χ2v) is 8.07. The number of hydrogen-bond acceptors (Lipinski definition) is 3. The molecule has 3 nitrogen and oxygen atoms in total. The number of nitrogens with one attached hydrogen (secondary N) is 1. The van der Waals surface area contributed by atoms with Crippen molar-refractivity contribution < 1.29 is 4.79 Å². The van der Waals surface area contributed by atoms with Crippen LogP contribution in [0.2, 0.25) is 0 Å². The highest BCUT2D eigenvalue weighted by Gasteiger charge is 2.33. The van der Waals surface area contributed by atoms with Gasteiger partial charge < -0.3 is 5.32 Å². The molecule has 2 rings (SSSR count). The number of hydrogen-bond donors (Lipinski definition) is 1. The third-order valence-corrected chi connectivity index (χ3v) is 6.33. The summed E-state index contributed by atoms with van der Waals surface area (Å²) in [4.78, 5) is 13.0. The first-order valence-electron chi connectivity index (χ1n) is 7.83. The molecule has 1 atom stereocenters. The molecule has 1 aliphatic rings. The molecule has 0 spiro atoms. The first-order valence-corrected chi connectivity index (χ1v) is 9.18. The van der Waals surface area contributed by atoms with Crippen LogP contribution in [0.3, 0.4) is 0 Å². The molecule has 1 heterocycles. The van der Waals surface area contributed by atoms with E-state index in [1.165, 1.54) is 4.88 Å². The van der Waals surface area contributed by atoms with E-state index in [1.807, 2.05) is 0 Å². The van der Waals surface area contributed by atoms with Crippen LogP contribution in [0.4, 0.5) is 5.00 Å². The summed E-state index contributed by atoms with van der Waals surface area (Å²) in [5, 5.41) is 13.0. The molecule has 1 aromatic rings. The lowest BCUT2D eigenvalue weighted by Crippen LogP contribution is -2.28. The number of anilines is 1. The second-order valence-electron chi connectivity index (χ2n) is 6.59. The van der Waals surface area contributed by atoms with Gasteiger partial charge in [-0.25, -0.2) is 0 Å². The van der Waals surface area contributed by atoms with Gasteiger partial charge in [0, 0.05) is 17.2 Å². The van der Waals surface area contributed by atoms with Crippen molar-refractivity contribution in [2.24, 2.45) is 11.3 Å². The van der Waals surface area contributed by atoms with Gasteiger partial charge in [0.25, 0.3) is 0 Å². The van der Waals surface area contributed by atoms with E-state index in [0.29, 0.717) is 27.8 Å². The van der Waals surface area contributed by atoms with E-state index >= 15 is 0 Å². The van der Waals surface area contributed by atoms with Crippen LogP contribution in [0, 0.1) is 22.7 Å². The highest BCUT2D eigenvalue weighted by Crippen LogP contribution is 2.45. The van der Waals surface area contributed by atoms with E-state index in [9.17, 15) is 10.1 Å². The molecule has 5 heteroatoms. The highest BCUT2D eigenvalue weighted by atomic mass is 35.5. The summed E-state index contributed by atoms with van der Waals surface area (Å²) in [5.41, 5.74) is 2.13. The van der Waals surface area contributed by atoms with Gasteiger partial charge in [-0.15, -0.1) is 22.9 Å². The Labute approximate surface area is 141 Å². The summed E-state index contributed by atoms with van der Waals surface area (Å²) in [5.74, 6) is 0.822. The summed E-state index contributed by atoms with van der Waals surface area (Å²) < 4.78 is 0. The van der Waals surface area contributed by atoms with Crippen LogP contribution in [0.15, 0.2) is 0 Å². The molecular formula is C17H23ClN2OS. The van der Waals surface area contributed by atoms with E-state index in [4.69, 9.17) is 11.6 Å². The number of alkyl halides is 1. The number of carbonyl (C=O) groups excluding carboxylic acids is 1. The first-order chi connectivity index (χ1) is 10.4. The van der Waals surface area contributed by atoms with Crippen molar-refractivity contribution >= 4 is 33.8 Å². The van der Waals surface area contributed by atoms with Crippen LogP contribution in [0.25, 0.3) is 0 Å². The molecule has 0 unspecified atom stereocenters. The molecule has 0 fully saturated rings. The molecule has 0 aromatic carbocycles. The Morgan fingerprint density at radius 1 is 1.55 bits per heavy atom. The SMILES string of the molecule is CCC(C)(C)[C@H]1CCc2c(sc(NC(=O)CCCl)c2C#N)C1. The Bertz CT molecular complexity index is 601. The van der Waals surface area contributed by atoms with Gasteiger partial charge in [0.05, 0.1) is 5.56 Å². The van der Waals surface area contributed by atoms with Crippen molar-refractivity contribution in [1.82, 2.24) is 0 Å². The van der Waals surface area contributed by atoms with Gasteiger partial charge in [0.1, 0.15) is 11.1 Å². The maximum Gasteiger partial charge on any atom is 0.226 e. The van der Waals surface area contributed by atoms with Gasteiger partial charge in [-0.2, -0.15) is 5.26 Å². The average molecular weight is 339 g/mol. The summed E-state index contributed by atoms with van der Waals surface area (Å²) in [7, 11) is 0. The quantitative estimate of drug-likeness (QED) is 0.789. The number of nitriles is 1. The van der Waals surface area contributed by atoms with E-state index < -0.39 is 0 Å². The number of rotatable bonds is 5. The Balaban J connectivity index is 2.25. The largest absolute Gasteiger partial charge is 0.317 e. The molecule has 1 aromatic heterocycles. The van der Waals surface area contributed by atoms with E-state index in [1.54, 1.807) is 11.3 Å². The van der Waals surface area contributed by atoms with E-state index in [-0.39, 0.29) is 12.3 Å². The van der Waals surface area contributed by atoms with Crippen LogP contribution < -0.4 is 5.32 Å². The molecule has 0 radical (unpaired) electrons. The molecular weight excluding hydrogens is 316 g/mol. The first kappa shape index (κ1) is 17.3. The third-order valence-electron chi connectivity index (χ3n) is 4.97. The Kier molecular flexibility index (Phi) is 5.52. The maximum atomic E-state index is 11.8. The minimum absolute atomic E-state index is 0.115. The summed E-state index contributed by atoms with van der Waals surface area (Å²) >= 11 is 7.17. The summed E-state index contributed by atoms with van der Waals surface area (Å²) in [6, 6.07) is 2.28. The lowest BCUT2D eigenvalue weighted by atomic mass is 9.69. The molecule has 0 saturated carbocycles. The average Bonchev–Trinajstić information content (AvgIpc) is 2.83. The number of amides is 1. The second kappa shape index (κ2) is 7.02. The third kappa shape index (κ3) is 3.47. The molecule has 0 saturated heterocycles. The lowest BCUT2D eigenvalue weighted by Gasteiger charge is -2.36. The van der Waals surface area contributed by atoms with Crippen molar-refractivity contribution in [3.05, 3.63) is 16.0 Å². The fraction of sp³-hybridized carbons (Fsp3) is 0.647. The van der Waals surface area contributed by atoms with Gasteiger partial charge in [-0.1, -0.05) is 27.2 Å². The van der Waals surface area contributed by atoms with E-state index in [0.717, 1.165) is 31.2 Å². The highest BCUT2D eigenvalue weighted by molar-refractivity contribution is 7.16. The van der Waals surface area contributed by atoms with Crippen LogP contribution in [0.1, 0.15) is 56.0 Å². The molecule has 1 aliphatic carbocycles.